The highest BCUT2D eigenvalue weighted by molar-refractivity contribution is 5.79. The molecule has 0 aliphatic heterocycles. The average Bonchev–Trinajstić information content (AvgIpc) is 2.59. The molecule has 24 heavy (non-hydrogen) atoms. The number of benzene rings is 1. The van der Waals surface area contributed by atoms with Crippen molar-refractivity contribution in [2.45, 2.75) is 104 Å². The first kappa shape index (κ1) is 20.9. The minimum atomic E-state index is 0.913. The molecule has 0 heterocycles. The maximum Gasteiger partial charge on any atom is 0.150 e. The minimum Gasteiger partial charge on any atom is -0.298 e. The first-order chi connectivity index (χ1) is 11.8. The molecule has 0 unspecified atom stereocenters. The molecule has 0 spiro atoms. The summed E-state index contributed by atoms with van der Waals surface area (Å²) < 4.78 is 0. The lowest BCUT2D eigenvalue weighted by molar-refractivity contribution is 0.112. The van der Waals surface area contributed by atoms with E-state index in [0.717, 1.165) is 23.8 Å². The molecular weight excluding hydrogens is 292 g/mol. The average molecular weight is 331 g/mol. The van der Waals surface area contributed by atoms with Crippen molar-refractivity contribution in [1.29, 1.82) is 0 Å². The third-order valence-electron chi connectivity index (χ3n) is 5.08. The number of aldehydes is 1. The minimum absolute atomic E-state index is 0.913. The van der Waals surface area contributed by atoms with Gasteiger partial charge in [0.25, 0.3) is 0 Å². The molecule has 0 aliphatic rings. The van der Waals surface area contributed by atoms with Crippen LogP contribution >= 0.6 is 0 Å². The molecule has 1 rings (SSSR count). The van der Waals surface area contributed by atoms with Crippen molar-refractivity contribution in [2.75, 3.05) is 0 Å². The van der Waals surface area contributed by atoms with E-state index in [0.29, 0.717) is 0 Å². The fourth-order valence-electron chi connectivity index (χ4n) is 3.46. The van der Waals surface area contributed by atoms with E-state index in [-0.39, 0.29) is 0 Å². The summed E-state index contributed by atoms with van der Waals surface area (Å²) in [5.74, 6) is 0. The first-order valence-corrected chi connectivity index (χ1v) is 10.3. The Kier molecular flexibility index (Phi) is 12.4. The van der Waals surface area contributed by atoms with Crippen molar-refractivity contribution in [1.82, 2.24) is 0 Å². The fourth-order valence-corrected chi connectivity index (χ4v) is 3.46. The zero-order valence-corrected chi connectivity index (χ0v) is 16.1. The molecule has 0 aliphatic carbocycles. The Labute approximate surface area is 150 Å². The molecule has 0 radical (unpaired) electrons. The van der Waals surface area contributed by atoms with E-state index in [1.54, 1.807) is 0 Å². The number of hydrogen-bond acceptors (Lipinski definition) is 1. The monoisotopic (exact) mass is 330 g/mol. The van der Waals surface area contributed by atoms with Crippen LogP contribution in [-0.2, 0) is 6.42 Å². The predicted molar refractivity (Wildman–Crippen MR) is 106 cm³/mol. The summed E-state index contributed by atoms with van der Waals surface area (Å²) in [5, 5.41) is 0. The van der Waals surface area contributed by atoms with Gasteiger partial charge in [-0.3, -0.25) is 4.79 Å². The topological polar surface area (TPSA) is 17.1 Å². The van der Waals surface area contributed by atoms with Crippen LogP contribution in [0.2, 0.25) is 0 Å². The van der Waals surface area contributed by atoms with Crippen molar-refractivity contribution in [3.63, 3.8) is 0 Å². The van der Waals surface area contributed by atoms with Gasteiger partial charge >= 0.3 is 0 Å². The molecule has 136 valence electrons. The molecule has 1 aromatic rings. The van der Waals surface area contributed by atoms with E-state index in [2.05, 4.69) is 19.1 Å². The van der Waals surface area contributed by atoms with E-state index < -0.39 is 0 Å². The van der Waals surface area contributed by atoms with E-state index in [1.807, 2.05) is 13.0 Å². The smallest absolute Gasteiger partial charge is 0.150 e. The second-order valence-corrected chi connectivity index (χ2v) is 7.26. The molecule has 1 nitrogen and oxygen atoms in total. The van der Waals surface area contributed by atoms with E-state index in [9.17, 15) is 4.79 Å². The molecule has 0 bridgehead atoms. The van der Waals surface area contributed by atoms with Crippen LogP contribution in [0.5, 0.6) is 0 Å². The van der Waals surface area contributed by atoms with Gasteiger partial charge < -0.3 is 0 Å². The van der Waals surface area contributed by atoms with Crippen molar-refractivity contribution in [3.05, 3.63) is 34.9 Å². The summed E-state index contributed by atoms with van der Waals surface area (Å²) in [6.45, 7) is 4.30. The number of unbranched alkanes of at least 4 members (excludes halogenated alkanes) is 12. The van der Waals surface area contributed by atoms with Gasteiger partial charge in [-0.05, 0) is 30.9 Å². The quantitative estimate of drug-likeness (QED) is 0.241. The van der Waals surface area contributed by atoms with Crippen LogP contribution in [0.25, 0.3) is 0 Å². The molecule has 0 aromatic heterocycles. The third kappa shape index (κ3) is 9.25. The SMILES string of the molecule is CCCCCCCCCCCCCCCc1cccc(C)c1C=O. The second-order valence-electron chi connectivity index (χ2n) is 7.26. The lowest BCUT2D eigenvalue weighted by atomic mass is 9.97. The van der Waals surface area contributed by atoms with Crippen molar-refractivity contribution in [2.24, 2.45) is 0 Å². The molecule has 1 aromatic carbocycles. The Morgan fingerprint density at radius 3 is 1.75 bits per heavy atom. The summed E-state index contributed by atoms with van der Waals surface area (Å²) in [6.07, 6.45) is 20.1. The van der Waals surface area contributed by atoms with Gasteiger partial charge in [-0.2, -0.15) is 0 Å². The maximum absolute atomic E-state index is 11.2. The van der Waals surface area contributed by atoms with Gasteiger partial charge in [-0.25, -0.2) is 0 Å². The standard InChI is InChI=1S/C23H38O/c1-3-4-5-6-7-8-9-10-11-12-13-14-15-18-22-19-16-17-21(2)23(22)20-24/h16-17,19-20H,3-15,18H2,1-2H3. The maximum atomic E-state index is 11.2. The zero-order valence-electron chi connectivity index (χ0n) is 16.1. The van der Waals surface area contributed by atoms with Crippen molar-refractivity contribution < 1.29 is 4.79 Å². The summed E-state index contributed by atoms with van der Waals surface area (Å²) in [6, 6.07) is 6.20. The Balaban J connectivity index is 1.94. The zero-order chi connectivity index (χ0) is 17.5. The van der Waals surface area contributed by atoms with Crippen LogP contribution < -0.4 is 0 Å². The molecule has 0 saturated carbocycles. The van der Waals surface area contributed by atoms with Gasteiger partial charge in [0.1, 0.15) is 0 Å². The summed E-state index contributed by atoms with van der Waals surface area (Å²) in [4.78, 5) is 11.2. The Morgan fingerprint density at radius 2 is 1.25 bits per heavy atom. The highest BCUT2D eigenvalue weighted by Gasteiger charge is 2.04. The third-order valence-corrected chi connectivity index (χ3v) is 5.08. The first-order valence-electron chi connectivity index (χ1n) is 10.3. The molecule has 0 amide bonds. The number of aryl methyl sites for hydroxylation is 2. The van der Waals surface area contributed by atoms with Crippen LogP contribution in [0, 0.1) is 6.92 Å². The summed E-state index contributed by atoms with van der Waals surface area (Å²) >= 11 is 0. The lowest BCUT2D eigenvalue weighted by Gasteiger charge is -2.07. The summed E-state index contributed by atoms with van der Waals surface area (Å²) in [7, 11) is 0. The second kappa shape index (κ2) is 14.3. The van der Waals surface area contributed by atoms with Crippen LogP contribution in [0.3, 0.4) is 0 Å². The number of carbonyl (C=O) groups is 1. The fraction of sp³-hybridized carbons (Fsp3) is 0.696. The molecule has 1 heteroatoms. The van der Waals surface area contributed by atoms with Crippen molar-refractivity contribution >= 4 is 6.29 Å². The van der Waals surface area contributed by atoms with Gasteiger partial charge in [0.15, 0.2) is 6.29 Å². The van der Waals surface area contributed by atoms with Gasteiger partial charge in [0, 0.05) is 5.56 Å². The van der Waals surface area contributed by atoms with Gasteiger partial charge in [0.2, 0.25) is 0 Å². The van der Waals surface area contributed by atoms with Crippen LogP contribution in [0.1, 0.15) is 112 Å². The molecule has 0 N–H and O–H groups in total. The molecular formula is C23H38O. The summed E-state index contributed by atoms with van der Waals surface area (Å²) in [5.41, 5.74) is 3.25. The van der Waals surface area contributed by atoms with E-state index >= 15 is 0 Å². The van der Waals surface area contributed by atoms with Gasteiger partial charge in [-0.15, -0.1) is 0 Å². The normalized spacial score (nSPS) is 10.9. The Bertz CT molecular complexity index is 436. The van der Waals surface area contributed by atoms with E-state index in [1.165, 1.54) is 89.0 Å². The predicted octanol–water partition coefficient (Wildman–Crippen LogP) is 7.44. The largest absolute Gasteiger partial charge is 0.298 e. The highest BCUT2D eigenvalue weighted by Crippen LogP contribution is 2.16. The molecule has 0 atom stereocenters. The lowest BCUT2D eigenvalue weighted by Crippen LogP contribution is -1.96. The van der Waals surface area contributed by atoms with Crippen molar-refractivity contribution in [3.8, 4) is 0 Å². The van der Waals surface area contributed by atoms with E-state index in [4.69, 9.17) is 0 Å². The van der Waals surface area contributed by atoms with Crippen LogP contribution in [0.4, 0.5) is 0 Å². The van der Waals surface area contributed by atoms with Crippen LogP contribution in [-0.4, -0.2) is 6.29 Å². The number of hydrogen-bond donors (Lipinski definition) is 0. The Morgan fingerprint density at radius 1 is 0.750 bits per heavy atom. The molecule has 0 fully saturated rings. The van der Waals surface area contributed by atoms with Gasteiger partial charge in [-0.1, -0.05) is 102 Å². The van der Waals surface area contributed by atoms with Crippen LogP contribution in [0.15, 0.2) is 18.2 Å². The van der Waals surface area contributed by atoms with Gasteiger partial charge in [0.05, 0.1) is 0 Å². The Hall–Kier alpha value is -1.11. The molecule has 0 saturated heterocycles. The highest BCUT2D eigenvalue weighted by atomic mass is 16.1. The number of rotatable bonds is 15. The number of carbonyl (C=O) groups excluding carboxylic acids is 1.